The van der Waals surface area contributed by atoms with Crippen LogP contribution in [0.3, 0.4) is 0 Å². The van der Waals surface area contributed by atoms with Crippen LogP contribution < -0.4 is 9.47 Å². The summed E-state index contributed by atoms with van der Waals surface area (Å²) in [6.45, 7) is 2.45. The second-order valence-corrected chi connectivity index (χ2v) is 9.36. The van der Waals surface area contributed by atoms with E-state index in [0.29, 0.717) is 23.7 Å². The van der Waals surface area contributed by atoms with Crippen LogP contribution in [0.25, 0.3) is 5.57 Å². The monoisotopic (exact) mass is 380 g/mol. The zero-order valence-electron chi connectivity index (χ0n) is 15.7. The maximum atomic E-state index is 11.3. The van der Waals surface area contributed by atoms with E-state index in [4.69, 9.17) is 9.47 Å². The van der Waals surface area contributed by atoms with Crippen molar-refractivity contribution in [3.8, 4) is 11.5 Å². The summed E-state index contributed by atoms with van der Waals surface area (Å²) in [4.78, 5) is 11.3. The van der Waals surface area contributed by atoms with Crippen LogP contribution in [0, 0.1) is 40.9 Å². The van der Waals surface area contributed by atoms with Crippen molar-refractivity contribution < 1.29 is 24.5 Å². The summed E-state index contributed by atoms with van der Waals surface area (Å²) in [5.41, 5.74) is 2.05. The zero-order valence-corrected chi connectivity index (χ0v) is 15.7. The molecule has 1 aliphatic heterocycles. The lowest BCUT2D eigenvalue weighted by molar-refractivity contribution is -0.142. The van der Waals surface area contributed by atoms with Crippen molar-refractivity contribution in [3.05, 3.63) is 42.0 Å². The molecule has 0 unspecified atom stereocenters. The predicted octanol–water partition coefficient (Wildman–Crippen LogP) is 3.34. The summed E-state index contributed by atoms with van der Waals surface area (Å²) in [6.07, 6.45) is 7.21. The standard InChI is InChI=1S/C23H24O5/c1-23-9-16-15(8-20(25)26)12-3-4-13(22(23)21(12)16)14(7-19(23)24)11-2-5-17-18(6-11)28-10-27-17/h2-7,12-13,15-16,19,21-22,24H,8-10H2,1H3,(H,25,26)/t12-,13+,15-,16-,19-,21-,22-,23+/m1/s1. The van der Waals surface area contributed by atoms with Crippen molar-refractivity contribution in [1.82, 2.24) is 0 Å². The van der Waals surface area contributed by atoms with E-state index in [1.165, 1.54) is 0 Å². The number of aliphatic hydroxyl groups is 1. The summed E-state index contributed by atoms with van der Waals surface area (Å²) < 4.78 is 11.0. The van der Waals surface area contributed by atoms with Gasteiger partial charge in [-0.2, -0.15) is 0 Å². The molecule has 0 amide bonds. The predicted molar refractivity (Wildman–Crippen MR) is 102 cm³/mol. The first-order valence-corrected chi connectivity index (χ1v) is 10.2. The van der Waals surface area contributed by atoms with Crippen molar-refractivity contribution in [1.29, 1.82) is 0 Å². The minimum absolute atomic E-state index is 0.184. The molecule has 0 radical (unpaired) electrons. The van der Waals surface area contributed by atoms with Gasteiger partial charge in [0.25, 0.3) is 0 Å². The normalized spacial score (nSPS) is 43.9. The first kappa shape index (κ1) is 16.7. The Hall–Kier alpha value is -2.27. The Kier molecular flexibility index (Phi) is 3.22. The molecule has 0 spiro atoms. The molecule has 2 N–H and O–H groups in total. The number of ether oxygens (including phenoxy) is 2. The molecule has 28 heavy (non-hydrogen) atoms. The summed E-state index contributed by atoms with van der Waals surface area (Å²) in [5.74, 6) is 2.87. The fourth-order valence-corrected chi connectivity index (χ4v) is 7.10. The Bertz CT molecular complexity index is 933. The number of rotatable bonds is 3. The third-order valence-electron chi connectivity index (χ3n) is 8.25. The third kappa shape index (κ3) is 1.98. The van der Waals surface area contributed by atoms with Crippen LogP contribution >= 0.6 is 0 Å². The molecule has 6 rings (SSSR count). The highest BCUT2D eigenvalue weighted by atomic mass is 16.7. The molecule has 1 aromatic carbocycles. The second-order valence-electron chi connectivity index (χ2n) is 9.36. The van der Waals surface area contributed by atoms with E-state index < -0.39 is 12.1 Å². The number of carbonyl (C=O) groups is 1. The fourth-order valence-electron chi connectivity index (χ4n) is 7.10. The molecule has 146 valence electrons. The Morgan fingerprint density at radius 1 is 1.25 bits per heavy atom. The SMILES string of the molecule is C[C@]12C[C@@H]3[C@H](CC(=O)O)[C@H]4C=C[C@@H](C(c5ccc6c(c5)OCO6)=C[C@H]1O)[C@@H]2[C@H]43. The number of hydrogen-bond acceptors (Lipinski definition) is 4. The first-order chi connectivity index (χ1) is 13.5. The van der Waals surface area contributed by atoms with Gasteiger partial charge in [-0.05, 0) is 59.3 Å². The van der Waals surface area contributed by atoms with E-state index in [0.717, 1.165) is 29.1 Å². The number of benzene rings is 1. The lowest BCUT2D eigenvalue weighted by Crippen LogP contribution is -2.52. The minimum Gasteiger partial charge on any atom is -0.481 e. The Morgan fingerprint density at radius 2 is 2.07 bits per heavy atom. The molecular formula is C23H24O5. The van der Waals surface area contributed by atoms with Gasteiger partial charge in [0, 0.05) is 17.8 Å². The van der Waals surface area contributed by atoms with Gasteiger partial charge in [-0.25, -0.2) is 0 Å². The quantitative estimate of drug-likeness (QED) is 0.787. The van der Waals surface area contributed by atoms with Crippen molar-refractivity contribution in [2.45, 2.75) is 25.9 Å². The second kappa shape index (κ2) is 5.41. The highest BCUT2D eigenvalue weighted by molar-refractivity contribution is 5.74. The van der Waals surface area contributed by atoms with E-state index in [2.05, 4.69) is 25.1 Å². The smallest absolute Gasteiger partial charge is 0.303 e. The van der Waals surface area contributed by atoms with Crippen LogP contribution in [0.1, 0.15) is 25.3 Å². The van der Waals surface area contributed by atoms with Gasteiger partial charge in [-0.3, -0.25) is 4.79 Å². The minimum atomic E-state index is -0.710. The molecule has 1 aromatic rings. The number of carboxylic acid groups (broad SMARTS) is 1. The average Bonchev–Trinajstić information content (AvgIpc) is 3.25. The molecule has 1 heterocycles. The van der Waals surface area contributed by atoms with Crippen LogP contribution in [0.15, 0.2) is 36.4 Å². The van der Waals surface area contributed by atoms with Crippen molar-refractivity contribution >= 4 is 11.5 Å². The Balaban J connectivity index is 1.42. The van der Waals surface area contributed by atoms with Gasteiger partial charge in [-0.15, -0.1) is 0 Å². The van der Waals surface area contributed by atoms with Gasteiger partial charge >= 0.3 is 5.97 Å². The summed E-state index contributed by atoms with van der Waals surface area (Å²) in [6, 6.07) is 6.01. The van der Waals surface area contributed by atoms with E-state index in [9.17, 15) is 15.0 Å². The summed E-state index contributed by atoms with van der Waals surface area (Å²) in [5, 5.41) is 20.5. The lowest BCUT2D eigenvalue weighted by Gasteiger charge is -2.55. The van der Waals surface area contributed by atoms with Gasteiger partial charge in [0.1, 0.15) is 0 Å². The van der Waals surface area contributed by atoms with Gasteiger partial charge in [-0.1, -0.05) is 31.2 Å². The Morgan fingerprint density at radius 3 is 2.89 bits per heavy atom. The van der Waals surface area contributed by atoms with E-state index >= 15 is 0 Å². The van der Waals surface area contributed by atoms with Gasteiger partial charge in [0.2, 0.25) is 6.79 Å². The number of allylic oxidation sites excluding steroid dienone is 3. The molecule has 2 saturated carbocycles. The number of carboxylic acids is 1. The maximum Gasteiger partial charge on any atom is 0.303 e. The topological polar surface area (TPSA) is 76.0 Å². The fraction of sp³-hybridized carbons (Fsp3) is 0.522. The first-order valence-electron chi connectivity index (χ1n) is 10.2. The van der Waals surface area contributed by atoms with Gasteiger partial charge < -0.3 is 19.7 Å². The molecule has 8 atom stereocenters. The lowest BCUT2D eigenvalue weighted by atomic mass is 9.49. The Labute approximate surface area is 163 Å². The molecule has 2 fully saturated rings. The van der Waals surface area contributed by atoms with Crippen molar-refractivity contribution in [2.24, 2.45) is 40.9 Å². The number of hydrogen-bond donors (Lipinski definition) is 2. The van der Waals surface area contributed by atoms with Crippen LogP contribution in [0.5, 0.6) is 11.5 Å². The van der Waals surface area contributed by atoms with Crippen LogP contribution in [-0.4, -0.2) is 29.1 Å². The highest BCUT2D eigenvalue weighted by Crippen LogP contribution is 2.72. The van der Waals surface area contributed by atoms with Gasteiger partial charge in [0.05, 0.1) is 6.10 Å². The number of aliphatic hydroxyl groups excluding tert-OH is 1. The van der Waals surface area contributed by atoms with E-state index in [-0.39, 0.29) is 30.5 Å². The van der Waals surface area contributed by atoms with Crippen LogP contribution in [0.2, 0.25) is 0 Å². The van der Waals surface area contributed by atoms with Crippen LogP contribution in [-0.2, 0) is 4.79 Å². The maximum absolute atomic E-state index is 11.3. The summed E-state index contributed by atoms with van der Waals surface area (Å²) >= 11 is 0. The zero-order chi connectivity index (χ0) is 19.2. The van der Waals surface area contributed by atoms with Crippen LogP contribution in [0.4, 0.5) is 0 Å². The molecule has 0 saturated heterocycles. The summed E-state index contributed by atoms with van der Waals surface area (Å²) in [7, 11) is 0. The molecule has 0 aromatic heterocycles. The molecule has 5 aliphatic rings. The molecule has 0 bridgehead atoms. The van der Waals surface area contributed by atoms with E-state index in [1.54, 1.807) is 0 Å². The van der Waals surface area contributed by atoms with Gasteiger partial charge in [0.15, 0.2) is 11.5 Å². The highest BCUT2D eigenvalue weighted by Gasteiger charge is 2.68. The largest absolute Gasteiger partial charge is 0.481 e. The molecular weight excluding hydrogens is 356 g/mol. The van der Waals surface area contributed by atoms with E-state index in [1.807, 2.05) is 18.2 Å². The van der Waals surface area contributed by atoms with Crippen molar-refractivity contribution in [2.75, 3.05) is 6.79 Å². The number of fused-ring (bicyclic) bond motifs is 1. The molecule has 5 heteroatoms. The molecule has 4 aliphatic carbocycles. The molecule has 5 nitrogen and oxygen atoms in total. The average molecular weight is 380 g/mol. The van der Waals surface area contributed by atoms with Crippen molar-refractivity contribution in [3.63, 3.8) is 0 Å². The third-order valence-corrected chi connectivity index (χ3v) is 8.25. The number of aliphatic carboxylic acids is 1.